The molecule has 1 aromatic heterocycles. The molecule has 31 heavy (non-hydrogen) atoms. The van der Waals surface area contributed by atoms with Gasteiger partial charge in [-0.25, -0.2) is 4.39 Å². The fraction of sp³-hybridized carbons (Fsp3) is 0.333. The number of aliphatic imine (C=N–C) groups is 1. The molecule has 0 bridgehead atoms. The number of rotatable bonds is 6. The van der Waals surface area contributed by atoms with E-state index in [9.17, 15) is 4.39 Å². The standard InChI is InChI=1S/C24H28FN5O/c1-26-15-18-4-6-19(13-21(18)25)27-24-14-22(28-29-24)20-7-5-17(12-23(20)31-3)16-8-10-30(2)11-9-16/h4-7,12-16H,8-11H2,1-3H3,(H2,27,28,29)/b26-15-. The quantitative estimate of drug-likeness (QED) is 0.560. The van der Waals surface area contributed by atoms with Crippen LogP contribution < -0.4 is 10.1 Å². The topological polar surface area (TPSA) is 65.5 Å². The average Bonchev–Trinajstić information content (AvgIpc) is 3.24. The summed E-state index contributed by atoms with van der Waals surface area (Å²) in [4.78, 5) is 6.23. The number of piperidine rings is 1. The first kappa shape index (κ1) is 21.1. The van der Waals surface area contributed by atoms with Gasteiger partial charge in [0.15, 0.2) is 5.82 Å². The highest BCUT2D eigenvalue weighted by Gasteiger charge is 2.20. The summed E-state index contributed by atoms with van der Waals surface area (Å²) in [6, 6.07) is 13.2. The van der Waals surface area contributed by atoms with Crippen LogP contribution in [0.5, 0.6) is 5.75 Å². The maximum absolute atomic E-state index is 14.1. The van der Waals surface area contributed by atoms with Crippen molar-refractivity contribution in [3.05, 3.63) is 59.4 Å². The predicted molar refractivity (Wildman–Crippen MR) is 123 cm³/mol. The number of aromatic nitrogens is 2. The summed E-state index contributed by atoms with van der Waals surface area (Å²) in [6.45, 7) is 2.24. The van der Waals surface area contributed by atoms with E-state index >= 15 is 0 Å². The zero-order valence-corrected chi connectivity index (χ0v) is 18.2. The molecule has 6 nitrogen and oxygen atoms in total. The van der Waals surface area contributed by atoms with Gasteiger partial charge in [0.05, 0.1) is 12.8 Å². The second-order valence-corrected chi connectivity index (χ2v) is 7.95. The zero-order valence-electron chi connectivity index (χ0n) is 18.2. The van der Waals surface area contributed by atoms with Crippen molar-refractivity contribution in [2.24, 2.45) is 4.99 Å². The first-order valence-corrected chi connectivity index (χ1v) is 10.5. The number of hydrogen-bond acceptors (Lipinski definition) is 5. The van der Waals surface area contributed by atoms with Crippen LogP contribution in [0.2, 0.25) is 0 Å². The highest BCUT2D eigenvalue weighted by molar-refractivity contribution is 5.81. The lowest BCUT2D eigenvalue weighted by atomic mass is 9.88. The van der Waals surface area contributed by atoms with E-state index in [-0.39, 0.29) is 5.82 Å². The molecule has 1 fully saturated rings. The highest BCUT2D eigenvalue weighted by atomic mass is 19.1. The van der Waals surface area contributed by atoms with Crippen LogP contribution in [-0.4, -0.2) is 55.6 Å². The molecule has 1 aliphatic rings. The van der Waals surface area contributed by atoms with Gasteiger partial charge >= 0.3 is 0 Å². The maximum atomic E-state index is 14.1. The van der Waals surface area contributed by atoms with Crippen molar-refractivity contribution in [3.63, 3.8) is 0 Å². The minimum Gasteiger partial charge on any atom is -0.496 e. The number of benzene rings is 2. The van der Waals surface area contributed by atoms with Crippen LogP contribution in [0.1, 0.15) is 29.9 Å². The van der Waals surface area contributed by atoms with Gasteiger partial charge in [-0.3, -0.25) is 10.1 Å². The van der Waals surface area contributed by atoms with Crippen molar-refractivity contribution in [3.8, 4) is 17.0 Å². The van der Waals surface area contributed by atoms with Gasteiger partial charge < -0.3 is 15.0 Å². The predicted octanol–water partition coefficient (Wildman–Crippen LogP) is 4.83. The Hall–Kier alpha value is -3.19. The van der Waals surface area contributed by atoms with Crippen LogP contribution in [0.3, 0.4) is 0 Å². The Morgan fingerprint density at radius 2 is 2.00 bits per heavy atom. The summed E-state index contributed by atoms with van der Waals surface area (Å²) < 4.78 is 19.8. The number of halogens is 1. The van der Waals surface area contributed by atoms with Gasteiger partial charge in [-0.2, -0.15) is 5.10 Å². The van der Waals surface area contributed by atoms with Gasteiger partial charge in [0, 0.05) is 36.1 Å². The lowest BCUT2D eigenvalue weighted by Gasteiger charge is -2.29. The minimum absolute atomic E-state index is 0.336. The van der Waals surface area contributed by atoms with Gasteiger partial charge in [-0.05, 0) is 74.8 Å². The number of nitrogens with zero attached hydrogens (tertiary/aromatic N) is 3. The Labute approximate surface area is 182 Å². The van der Waals surface area contributed by atoms with Gasteiger partial charge in [0.1, 0.15) is 11.6 Å². The maximum Gasteiger partial charge on any atom is 0.152 e. The Morgan fingerprint density at radius 3 is 2.71 bits per heavy atom. The summed E-state index contributed by atoms with van der Waals surface area (Å²) in [7, 11) is 5.48. The summed E-state index contributed by atoms with van der Waals surface area (Å²) in [5, 5.41) is 10.5. The van der Waals surface area contributed by atoms with E-state index in [4.69, 9.17) is 4.74 Å². The number of nitrogens with one attached hydrogen (secondary N) is 2. The van der Waals surface area contributed by atoms with Crippen molar-refractivity contribution in [2.75, 3.05) is 39.6 Å². The van der Waals surface area contributed by atoms with E-state index in [1.807, 2.05) is 6.07 Å². The third-order valence-electron chi connectivity index (χ3n) is 5.82. The molecular formula is C24H28FN5O. The molecule has 7 heteroatoms. The van der Waals surface area contributed by atoms with Gasteiger partial charge in [0.25, 0.3) is 0 Å². The van der Waals surface area contributed by atoms with Crippen molar-refractivity contribution in [2.45, 2.75) is 18.8 Å². The second-order valence-electron chi connectivity index (χ2n) is 7.95. The first-order valence-electron chi connectivity index (χ1n) is 10.5. The van der Waals surface area contributed by atoms with Gasteiger partial charge in [-0.1, -0.05) is 6.07 Å². The van der Waals surface area contributed by atoms with E-state index < -0.39 is 0 Å². The molecule has 0 unspecified atom stereocenters. The molecule has 2 aromatic carbocycles. The molecule has 0 aliphatic carbocycles. The number of H-pyrrole nitrogens is 1. The Kier molecular flexibility index (Phi) is 6.32. The molecule has 0 amide bonds. The Balaban J connectivity index is 1.52. The normalized spacial score (nSPS) is 15.5. The van der Waals surface area contributed by atoms with Crippen molar-refractivity contribution >= 4 is 17.7 Å². The highest BCUT2D eigenvalue weighted by Crippen LogP contribution is 2.36. The molecule has 2 heterocycles. The monoisotopic (exact) mass is 421 g/mol. The molecule has 3 aromatic rings. The molecule has 0 saturated carbocycles. The van der Waals surface area contributed by atoms with Crippen LogP contribution in [0.25, 0.3) is 11.3 Å². The lowest BCUT2D eigenvalue weighted by molar-refractivity contribution is 0.255. The van der Waals surface area contributed by atoms with E-state index in [0.717, 1.165) is 42.9 Å². The van der Waals surface area contributed by atoms with Crippen molar-refractivity contribution in [1.29, 1.82) is 0 Å². The molecule has 1 aliphatic heterocycles. The summed E-state index contributed by atoms with van der Waals surface area (Å²) in [6.07, 6.45) is 3.82. The average molecular weight is 422 g/mol. The largest absolute Gasteiger partial charge is 0.496 e. The van der Waals surface area contributed by atoms with Gasteiger partial charge in [-0.15, -0.1) is 0 Å². The number of aromatic amines is 1. The number of anilines is 2. The molecule has 0 radical (unpaired) electrons. The van der Waals surface area contributed by atoms with Crippen LogP contribution in [0.4, 0.5) is 15.9 Å². The van der Waals surface area contributed by atoms with Gasteiger partial charge in [0.2, 0.25) is 0 Å². The molecule has 162 valence electrons. The fourth-order valence-corrected chi connectivity index (χ4v) is 4.05. The van der Waals surface area contributed by atoms with Crippen LogP contribution in [0.15, 0.2) is 47.5 Å². The number of hydrogen-bond donors (Lipinski definition) is 2. The van der Waals surface area contributed by atoms with Crippen LogP contribution in [0, 0.1) is 5.82 Å². The smallest absolute Gasteiger partial charge is 0.152 e. The van der Waals surface area contributed by atoms with E-state index in [2.05, 4.69) is 50.7 Å². The van der Waals surface area contributed by atoms with Crippen molar-refractivity contribution < 1.29 is 9.13 Å². The lowest BCUT2D eigenvalue weighted by Crippen LogP contribution is -2.29. The minimum atomic E-state index is -0.336. The Morgan fingerprint density at radius 1 is 1.19 bits per heavy atom. The zero-order chi connectivity index (χ0) is 21.8. The summed E-state index contributed by atoms with van der Waals surface area (Å²) in [5.74, 6) is 1.65. The third-order valence-corrected chi connectivity index (χ3v) is 5.82. The molecular weight excluding hydrogens is 393 g/mol. The molecule has 1 saturated heterocycles. The molecule has 2 N–H and O–H groups in total. The summed E-state index contributed by atoms with van der Waals surface area (Å²) in [5.41, 5.74) is 4.17. The Bertz CT molecular complexity index is 1070. The van der Waals surface area contributed by atoms with E-state index in [1.165, 1.54) is 17.8 Å². The SMILES string of the molecule is C/N=C\c1ccc(Nc2cc(-c3ccc(C4CCN(C)CC4)cc3OC)[nH]n2)cc1F. The molecule has 4 rings (SSSR count). The number of ether oxygens (including phenoxy) is 1. The molecule has 0 spiro atoms. The third kappa shape index (κ3) is 4.77. The first-order chi connectivity index (χ1) is 15.1. The fourth-order valence-electron chi connectivity index (χ4n) is 4.05. The molecule has 0 atom stereocenters. The van der Waals surface area contributed by atoms with Crippen molar-refractivity contribution in [1.82, 2.24) is 15.1 Å². The second kappa shape index (κ2) is 9.31. The van der Waals surface area contributed by atoms with Crippen LogP contribution >= 0.6 is 0 Å². The summed E-state index contributed by atoms with van der Waals surface area (Å²) >= 11 is 0. The number of methoxy groups -OCH3 is 1. The van der Waals surface area contributed by atoms with Crippen LogP contribution in [-0.2, 0) is 0 Å². The van der Waals surface area contributed by atoms with E-state index in [0.29, 0.717) is 23.0 Å². The number of likely N-dealkylation sites (tertiary alicyclic amines) is 1. The van der Waals surface area contributed by atoms with E-state index in [1.54, 1.807) is 26.3 Å².